The molecule has 104 valence electrons. The highest BCUT2D eigenvalue weighted by atomic mass is 16.5. The van der Waals surface area contributed by atoms with Gasteiger partial charge in [0.15, 0.2) is 0 Å². The van der Waals surface area contributed by atoms with Gasteiger partial charge >= 0.3 is 0 Å². The minimum atomic E-state index is -0.658. The third kappa shape index (κ3) is 2.64. The van der Waals surface area contributed by atoms with Crippen molar-refractivity contribution in [1.29, 1.82) is 0 Å². The Labute approximate surface area is 112 Å². The molecule has 0 bridgehead atoms. The highest BCUT2D eigenvalue weighted by Crippen LogP contribution is 2.38. The predicted octanol–water partition coefficient (Wildman–Crippen LogP) is 0.104. The van der Waals surface area contributed by atoms with Crippen LogP contribution in [0, 0.1) is 5.92 Å². The van der Waals surface area contributed by atoms with Gasteiger partial charge in [0, 0.05) is 25.4 Å². The van der Waals surface area contributed by atoms with Crippen molar-refractivity contribution in [2.45, 2.75) is 37.5 Å². The largest absolute Gasteiger partial charge is 0.376 e. The highest BCUT2D eigenvalue weighted by molar-refractivity contribution is 5.83. The third-order valence-corrected chi connectivity index (χ3v) is 3.92. The number of amides is 1. The molecule has 1 amide bonds. The van der Waals surface area contributed by atoms with E-state index in [1.54, 1.807) is 17.1 Å². The molecule has 1 aliphatic carbocycles. The summed E-state index contributed by atoms with van der Waals surface area (Å²) in [6, 6.07) is -0.545. The smallest absolute Gasteiger partial charge is 0.241 e. The molecular weight excluding hydrogens is 244 g/mol. The van der Waals surface area contributed by atoms with Crippen LogP contribution in [-0.4, -0.2) is 34.4 Å². The molecular formula is C13H20N4O2. The summed E-state index contributed by atoms with van der Waals surface area (Å²) in [4.78, 5) is 12.2. The van der Waals surface area contributed by atoms with Crippen molar-refractivity contribution < 1.29 is 9.53 Å². The summed E-state index contributed by atoms with van der Waals surface area (Å²) >= 11 is 0. The molecule has 0 aromatic carbocycles. The Morgan fingerprint density at radius 1 is 1.58 bits per heavy atom. The fourth-order valence-corrected chi connectivity index (χ4v) is 2.68. The van der Waals surface area contributed by atoms with Crippen LogP contribution in [0.2, 0.25) is 0 Å². The Hall–Kier alpha value is -1.40. The Balaban J connectivity index is 1.61. The zero-order chi connectivity index (χ0) is 13.4. The lowest BCUT2D eigenvalue weighted by Gasteiger charge is -2.21. The minimum absolute atomic E-state index is 0.114. The second-order valence-corrected chi connectivity index (χ2v) is 5.50. The lowest BCUT2D eigenvalue weighted by molar-refractivity contribution is -0.123. The molecule has 3 atom stereocenters. The Bertz CT molecular complexity index is 469. The molecule has 2 aliphatic rings. The normalized spacial score (nSPS) is 28.3. The van der Waals surface area contributed by atoms with Crippen LogP contribution in [0.3, 0.4) is 0 Å². The number of hydrogen-bond acceptors (Lipinski definition) is 4. The molecule has 3 unspecified atom stereocenters. The number of carbonyl (C=O) groups is 1. The van der Waals surface area contributed by atoms with Crippen LogP contribution in [0.5, 0.6) is 0 Å². The van der Waals surface area contributed by atoms with E-state index >= 15 is 0 Å². The summed E-state index contributed by atoms with van der Waals surface area (Å²) in [7, 11) is 1.81. The molecule has 3 N–H and O–H groups in total. The van der Waals surface area contributed by atoms with Gasteiger partial charge in [-0.05, 0) is 25.2 Å². The van der Waals surface area contributed by atoms with Crippen molar-refractivity contribution >= 4 is 5.91 Å². The monoisotopic (exact) mass is 264 g/mol. The Kier molecular flexibility index (Phi) is 3.28. The van der Waals surface area contributed by atoms with Gasteiger partial charge < -0.3 is 15.8 Å². The molecule has 6 nitrogen and oxygen atoms in total. The standard InChI is InChI=1S/C13H20N4O2/c1-17-7-9(6-15-17)11(14)13(18)16-10-4-5-19-12(10)8-2-3-8/h6-8,10-12H,2-5,14H2,1H3,(H,16,18). The molecule has 1 saturated carbocycles. The maximum Gasteiger partial charge on any atom is 0.241 e. The highest BCUT2D eigenvalue weighted by Gasteiger charge is 2.41. The summed E-state index contributed by atoms with van der Waals surface area (Å²) in [6.07, 6.45) is 6.90. The summed E-state index contributed by atoms with van der Waals surface area (Å²) in [5.41, 5.74) is 6.70. The number of hydrogen-bond donors (Lipinski definition) is 2. The average molecular weight is 264 g/mol. The number of carbonyl (C=O) groups excluding carboxylic acids is 1. The van der Waals surface area contributed by atoms with Crippen molar-refractivity contribution in [1.82, 2.24) is 15.1 Å². The second kappa shape index (κ2) is 4.94. The Morgan fingerprint density at radius 3 is 3.00 bits per heavy atom. The molecule has 19 heavy (non-hydrogen) atoms. The molecule has 6 heteroatoms. The molecule has 1 saturated heterocycles. The lowest BCUT2D eigenvalue weighted by atomic mass is 10.0. The number of aromatic nitrogens is 2. The number of nitrogens with zero attached hydrogens (tertiary/aromatic N) is 2. The van der Waals surface area contributed by atoms with E-state index in [0.717, 1.165) is 18.6 Å². The Morgan fingerprint density at radius 2 is 2.37 bits per heavy atom. The molecule has 0 radical (unpaired) electrons. The first-order valence-electron chi connectivity index (χ1n) is 6.81. The first-order valence-corrected chi connectivity index (χ1v) is 6.81. The van der Waals surface area contributed by atoms with E-state index in [4.69, 9.17) is 10.5 Å². The van der Waals surface area contributed by atoms with Crippen LogP contribution in [0.15, 0.2) is 12.4 Å². The summed E-state index contributed by atoms with van der Waals surface area (Å²) in [5.74, 6) is 0.483. The SMILES string of the molecule is Cn1cc(C(N)C(=O)NC2CCOC2C2CC2)cn1. The van der Waals surface area contributed by atoms with E-state index in [2.05, 4.69) is 10.4 Å². The molecule has 3 rings (SSSR count). The van der Waals surface area contributed by atoms with Crippen molar-refractivity contribution in [3.05, 3.63) is 18.0 Å². The van der Waals surface area contributed by atoms with E-state index in [0.29, 0.717) is 5.92 Å². The zero-order valence-electron chi connectivity index (χ0n) is 11.1. The van der Waals surface area contributed by atoms with Crippen LogP contribution in [0.25, 0.3) is 0 Å². The van der Waals surface area contributed by atoms with E-state index in [1.807, 2.05) is 7.05 Å². The third-order valence-electron chi connectivity index (χ3n) is 3.92. The van der Waals surface area contributed by atoms with Crippen LogP contribution in [-0.2, 0) is 16.6 Å². The van der Waals surface area contributed by atoms with Crippen molar-refractivity contribution in [2.24, 2.45) is 18.7 Å². The lowest BCUT2D eigenvalue weighted by Crippen LogP contribution is -2.45. The number of nitrogens with one attached hydrogen (secondary N) is 1. The number of rotatable bonds is 4. The maximum atomic E-state index is 12.2. The van der Waals surface area contributed by atoms with E-state index < -0.39 is 6.04 Å². The van der Waals surface area contributed by atoms with Crippen LogP contribution < -0.4 is 11.1 Å². The topological polar surface area (TPSA) is 82.2 Å². The zero-order valence-corrected chi connectivity index (χ0v) is 11.1. The number of ether oxygens (including phenoxy) is 1. The van der Waals surface area contributed by atoms with Gasteiger partial charge in [-0.25, -0.2) is 0 Å². The quantitative estimate of drug-likeness (QED) is 0.808. The van der Waals surface area contributed by atoms with Crippen LogP contribution >= 0.6 is 0 Å². The van der Waals surface area contributed by atoms with Crippen LogP contribution in [0.1, 0.15) is 30.9 Å². The first kappa shape index (κ1) is 12.6. The minimum Gasteiger partial charge on any atom is -0.376 e. The van der Waals surface area contributed by atoms with E-state index in [-0.39, 0.29) is 18.1 Å². The van der Waals surface area contributed by atoms with Gasteiger partial charge in [-0.15, -0.1) is 0 Å². The number of aryl methyl sites for hydroxylation is 1. The molecule has 1 aromatic heterocycles. The maximum absolute atomic E-state index is 12.2. The van der Waals surface area contributed by atoms with Crippen LogP contribution in [0.4, 0.5) is 0 Å². The predicted molar refractivity (Wildman–Crippen MR) is 69.1 cm³/mol. The number of nitrogens with two attached hydrogens (primary N) is 1. The second-order valence-electron chi connectivity index (χ2n) is 5.50. The summed E-state index contributed by atoms with van der Waals surface area (Å²) in [6.45, 7) is 0.730. The first-order chi connectivity index (χ1) is 9.15. The molecule has 1 aromatic rings. The van der Waals surface area contributed by atoms with Gasteiger partial charge in [-0.1, -0.05) is 0 Å². The van der Waals surface area contributed by atoms with Gasteiger partial charge in [-0.3, -0.25) is 9.48 Å². The molecule has 2 heterocycles. The van der Waals surface area contributed by atoms with Gasteiger partial charge in [0.05, 0.1) is 18.3 Å². The fraction of sp³-hybridized carbons (Fsp3) is 0.692. The van der Waals surface area contributed by atoms with Crippen molar-refractivity contribution in [3.63, 3.8) is 0 Å². The fourth-order valence-electron chi connectivity index (χ4n) is 2.68. The van der Waals surface area contributed by atoms with Crippen molar-refractivity contribution in [3.8, 4) is 0 Å². The summed E-state index contributed by atoms with van der Waals surface area (Å²) in [5, 5.41) is 7.07. The average Bonchev–Trinajstić information content (AvgIpc) is 2.98. The van der Waals surface area contributed by atoms with E-state index in [1.165, 1.54) is 12.8 Å². The van der Waals surface area contributed by atoms with Gasteiger partial charge in [-0.2, -0.15) is 5.10 Å². The van der Waals surface area contributed by atoms with E-state index in [9.17, 15) is 4.79 Å². The van der Waals surface area contributed by atoms with Gasteiger partial charge in [0.1, 0.15) is 6.04 Å². The summed E-state index contributed by atoms with van der Waals surface area (Å²) < 4.78 is 7.35. The molecule has 2 fully saturated rings. The van der Waals surface area contributed by atoms with Gasteiger partial charge in [0.25, 0.3) is 0 Å². The van der Waals surface area contributed by atoms with Gasteiger partial charge in [0.2, 0.25) is 5.91 Å². The molecule has 1 aliphatic heterocycles. The molecule has 0 spiro atoms. The van der Waals surface area contributed by atoms with Crippen molar-refractivity contribution in [2.75, 3.05) is 6.61 Å².